The molecule has 0 spiro atoms. The minimum atomic E-state index is -4.55. The fraction of sp³-hybridized carbons (Fsp3) is 0.333. The maximum Gasteiger partial charge on any atom is 0.425 e. The molecule has 9 heteroatoms. The van der Waals surface area contributed by atoms with Crippen LogP contribution in [-0.4, -0.2) is 23.3 Å². The van der Waals surface area contributed by atoms with Gasteiger partial charge in [0.05, 0.1) is 9.90 Å². The average Bonchev–Trinajstić information content (AvgIpc) is 2.97. The standard InChI is InChI=1S/C18H15ClF3N3OS/c1-3-4-10-5-11(9-24-8-10)13-6-12(19)15(27-13)17(2)7-14(18(20,21)22)26-16(23)25-17/h5-6,8-9,14H,7H2,1-2H3,(H2,23,25). The number of hydrogen-bond acceptors (Lipinski definition) is 5. The number of ether oxygens (including phenoxy) is 1. The van der Waals surface area contributed by atoms with Gasteiger partial charge in [-0.1, -0.05) is 17.5 Å². The molecule has 3 heterocycles. The molecular formula is C18H15ClF3N3OS. The van der Waals surface area contributed by atoms with Crippen molar-refractivity contribution in [1.29, 1.82) is 0 Å². The van der Waals surface area contributed by atoms with Crippen LogP contribution in [0.1, 0.15) is 30.7 Å². The molecule has 0 saturated carbocycles. The lowest BCUT2D eigenvalue weighted by molar-refractivity contribution is -0.208. The van der Waals surface area contributed by atoms with Crippen LogP contribution in [0.4, 0.5) is 13.2 Å². The summed E-state index contributed by atoms with van der Waals surface area (Å²) in [7, 11) is 0. The molecule has 0 fully saturated rings. The first-order valence-corrected chi connectivity index (χ1v) is 9.08. The van der Waals surface area contributed by atoms with Gasteiger partial charge in [0.1, 0.15) is 5.54 Å². The third-order valence-electron chi connectivity index (χ3n) is 4.04. The Bertz CT molecular complexity index is 961. The molecule has 1 aliphatic heterocycles. The molecule has 2 atom stereocenters. The Labute approximate surface area is 163 Å². The molecular weight excluding hydrogens is 399 g/mol. The average molecular weight is 414 g/mol. The summed E-state index contributed by atoms with van der Waals surface area (Å²) in [6.45, 7) is 3.29. The smallest absolute Gasteiger partial charge is 0.425 e. The molecule has 2 aromatic rings. The molecule has 0 aliphatic carbocycles. The summed E-state index contributed by atoms with van der Waals surface area (Å²) < 4.78 is 44.2. The summed E-state index contributed by atoms with van der Waals surface area (Å²) in [5, 5.41) is 0.323. The van der Waals surface area contributed by atoms with Gasteiger partial charge in [-0.25, -0.2) is 4.99 Å². The van der Waals surface area contributed by atoms with Gasteiger partial charge in [-0.05, 0) is 26.0 Å². The summed E-state index contributed by atoms with van der Waals surface area (Å²) in [5.41, 5.74) is 5.79. The van der Waals surface area contributed by atoms with E-state index in [0.29, 0.717) is 9.90 Å². The number of hydrogen-bond donors (Lipinski definition) is 1. The van der Waals surface area contributed by atoms with Crippen LogP contribution in [0.5, 0.6) is 0 Å². The molecule has 4 nitrogen and oxygen atoms in total. The van der Waals surface area contributed by atoms with E-state index in [0.717, 1.165) is 16.0 Å². The molecule has 27 heavy (non-hydrogen) atoms. The number of pyridine rings is 1. The summed E-state index contributed by atoms with van der Waals surface area (Å²) in [5.74, 6) is 5.71. The van der Waals surface area contributed by atoms with Crippen molar-refractivity contribution >= 4 is 29.0 Å². The summed E-state index contributed by atoms with van der Waals surface area (Å²) in [6, 6.07) is 3.04. The van der Waals surface area contributed by atoms with E-state index in [-0.39, 0.29) is 0 Å². The number of aromatic nitrogens is 1. The molecule has 0 saturated heterocycles. The topological polar surface area (TPSA) is 60.5 Å². The van der Waals surface area contributed by atoms with Crippen LogP contribution in [0.2, 0.25) is 5.02 Å². The van der Waals surface area contributed by atoms with Gasteiger partial charge in [0.2, 0.25) is 0 Å². The van der Waals surface area contributed by atoms with E-state index in [9.17, 15) is 13.2 Å². The molecule has 0 aromatic carbocycles. The molecule has 0 amide bonds. The molecule has 2 unspecified atom stereocenters. The second kappa shape index (κ2) is 7.06. The number of rotatable bonds is 2. The van der Waals surface area contributed by atoms with Crippen molar-refractivity contribution in [3.63, 3.8) is 0 Å². The Morgan fingerprint density at radius 2 is 2.11 bits per heavy atom. The third kappa shape index (κ3) is 4.04. The fourth-order valence-electron chi connectivity index (χ4n) is 2.86. The molecule has 0 bridgehead atoms. The monoisotopic (exact) mass is 413 g/mol. The minimum Gasteiger partial charge on any atom is -0.452 e. The lowest BCUT2D eigenvalue weighted by Gasteiger charge is -2.35. The zero-order chi connectivity index (χ0) is 19.8. The van der Waals surface area contributed by atoms with Gasteiger partial charge in [0.25, 0.3) is 6.02 Å². The van der Waals surface area contributed by atoms with E-state index in [1.807, 2.05) is 6.07 Å². The quantitative estimate of drug-likeness (QED) is 0.725. The number of nitrogens with two attached hydrogens (primary N) is 1. The second-order valence-electron chi connectivity index (χ2n) is 6.20. The van der Waals surface area contributed by atoms with Crippen molar-refractivity contribution in [2.24, 2.45) is 10.7 Å². The highest BCUT2D eigenvalue weighted by atomic mass is 35.5. The van der Waals surface area contributed by atoms with Crippen LogP contribution < -0.4 is 5.73 Å². The Hall–Kier alpha value is -2.24. The third-order valence-corrected chi connectivity index (χ3v) is 5.88. The normalized spacial score (nSPS) is 22.4. The van der Waals surface area contributed by atoms with Crippen LogP contribution in [0, 0.1) is 11.8 Å². The highest BCUT2D eigenvalue weighted by Crippen LogP contribution is 2.47. The molecule has 3 rings (SSSR count). The number of aliphatic imine (C=N–C) groups is 1. The highest BCUT2D eigenvalue weighted by molar-refractivity contribution is 7.16. The molecule has 142 valence electrons. The maximum atomic E-state index is 13.2. The van der Waals surface area contributed by atoms with Crippen molar-refractivity contribution in [2.75, 3.05) is 0 Å². The van der Waals surface area contributed by atoms with E-state index in [2.05, 4.69) is 26.6 Å². The first kappa shape index (κ1) is 19.5. The van der Waals surface area contributed by atoms with Crippen molar-refractivity contribution in [1.82, 2.24) is 4.98 Å². The van der Waals surface area contributed by atoms with Crippen LogP contribution in [0.25, 0.3) is 10.4 Å². The van der Waals surface area contributed by atoms with E-state index in [4.69, 9.17) is 17.3 Å². The van der Waals surface area contributed by atoms with Gasteiger partial charge in [-0.3, -0.25) is 4.98 Å². The highest BCUT2D eigenvalue weighted by Gasteiger charge is 2.50. The van der Waals surface area contributed by atoms with E-state index in [1.54, 1.807) is 32.3 Å². The van der Waals surface area contributed by atoms with Gasteiger partial charge in [0.15, 0.2) is 6.10 Å². The second-order valence-corrected chi connectivity index (χ2v) is 7.66. The number of amidine groups is 1. The molecule has 1 aliphatic rings. The van der Waals surface area contributed by atoms with Crippen LogP contribution in [0.3, 0.4) is 0 Å². The number of alkyl halides is 3. The summed E-state index contributed by atoms with van der Waals surface area (Å²) in [4.78, 5) is 9.52. The zero-order valence-electron chi connectivity index (χ0n) is 14.4. The van der Waals surface area contributed by atoms with Crippen molar-refractivity contribution < 1.29 is 17.9 Å². The van der Waals surface area contributed by atoms with Crippen molar-refractivity contribution in [2.45, 2.75) is 38.1 Å². The van der Waals surface area contributed by atoms with E-state index < -0.39 is 30.3 Å². The lowest BCUT2D eigenvalue weighted by atomic mass is 9.92. The Morgan fingerprint density at radius 3 is 2.78 bits per heavy atom. The minimum absolute atomic E-state index is 0.323. The number of nitrogens with zero attached hydrogens (tertiary/aromatic N) is 2. The molecule has 0 radical (unpaired) electrons. The number of halogens is 4. The first-order chi connectivity index (χ1) is 12.6. The van der Waals surface area contributed by atoms with Crippen LogP contribution >= 0.6 is 22.9 Å². The van der Waals surface area contributed by atoms with E-state index >= 15 is 0 Å². The van der Waals surface area contributed by atoms with Crippen LogP contribution in [0.15, 0.2) is 29.5 Å². The largest absolute Gasteiger partial charge is 0.452 e. The van der Waals surface area contributed by atoms with Crippen molar-refractivity contribution in [3.05, 3.63) is 40.0 Å². The van der Waals surface area contributed by atoms with Gasteiger partial charge in [-0.2, -0.15) is 13.2 Å². The SMILES string of the molecule is CC#Cc1cncc(-c2cc(Cl)c(C3(C)CC(C(F)(F)F)OC(N)=N3)s2)c1. The predicted octanol–water partition coefficient (Wildman–Crippen LogP) is 4.72. The lowest BCUT2D eigenvalue weighted by Crippen LogP contribution is -2.45. The molecule has 2 aromatic heterocycles. The number of thiophene rings is 1. The van der Waals surface area contributed by atoms with E-state index in [1.165, 1.54) is 11.3 Å². The maximum absolute atomic E-state index is 13.2. The fourth-order valence-corrected chi connectivity index (χ4v) is 4.48. The van der Waals surface area contributed by atoms with Gasteiger partial charge < -0.3 is 10.5 Å². The summed E-state index contributed by atoms with van der Waals surface area (Å²) in [6.07, 6.45) is -3.71. The van der Waals surface area contributed by atoms with Gasteiger partial charge in [-0.15, -0.1) is 17.3 Å². The van der Waals surface area contributed by atoms with Gasteiger partial charge in [0, 0.05) is 34.8 Å². The van der Waals surface area contributed by atoms with Gasteiger partial charge >= 0.3 is 6.18 Å². The van der Waals surface area contributed by atoms with Crippen LogP contribution in [-0.2, 0) is 10.3 Å². The van der Waals surface area contributed by atoms with Crippen molar-refractivity contribution in [3.8, 4) is 22.3 Å². The summed E-state index contributed by atoms with van der Waals surface area (Å²) >= 11 is 7.61. The first-order valence-electron chi connectivity index (χ1n) is 7.89. The Morgan fingerprint density at radius 1 is 1.37 bits per heavy atom. The zero-order valence-corrected chi connectivity index (χ0v) is 16.0. The predicted molar refractivity (Wildman–Crippen MR) is 99.6 cm³/mol. The molecule has 2 N–H and O–H groups in total. The Balaban J connectivity index is 2.02. The Kier molecular flexibility index (Phi) is 5.10.